The molecule has 2 aliphatic heterocycles. The van der Waals surface area contributed by atoms with Gasteiger partial charge in [-0.15, -0.1) is 0 Å². The zero-order valence-corrected chi connectivity index (χ0v) is 8.82. The SMILES string of the molecule is C[As]12(C)OC(=O)CN1CC(=O)O2. The third-order valence-corrected chi connectivity index (χ3v) is 9.12. The van der Waals surface area contributed by atoms with E-state index in [2.05, 4.69) is 0 Å². The van der Waals surface area contributed by atoms with Gasteiger partial charge < -0.3 is 0 Å². The van der Waals surface area contributed by atoms with E-state index in [0.717, 1.165) is 0 Å². The van der Waals surface area contributed by atoms with Crippen LogP contribution < -0.4 is 0 Å². The normalized spacial score (nSPS) is 34.7. The molecular formula is C6H10AsNO4. The monoisotopic (exact) mass is 235 g/mol. The average molecular weight is 235 g/mol. The predicted octanol–water partition coefficient (Wildman–Crippen LogP) is -0.446. The summed E-state index contributed by atoms with van der Waals surface area (Å²) in [6, 6.07) is 0. The second-order valence-corrected chi connectivity index (χ2v) is 13.1. The van der Waals surface area contributed by atoms with Crippen LogP contribution in [0.4, 0.5) is 0 Å². The topological polar surface area (TPSA) is 55.8 Å². The Morgan fingerprint density at radius 2 is 1.58 bits per heavy atom. The van der Waals surface area contributed by atoms with Gasteiger partial charge in [0.1, 0.15) is 0 Å². The second-order valence-electron chi connectivity index (χ2n) is 3.56. The summed E-state index contributed by atoms with van der Waals surface area (Å²) >= 11 is -3.56. The Labute approximate surface area is 71.2 Å². The quantitative estimate of drug-likeness (QED) is 0.532. The van der Waals surface area contributed by atoms with Crippen LogP contribution >= 0.6 is 0 Å². The van der Waals surface area contributed by atoms with E-state index in [4.69, 9.17) is 7.45 Å². The molecule has 0 amide bonds. The number of rotatable bonds is 0. The zero-order valence-electron chi connectivity index (χ0n) is 6.94. The molecule has 2 rings (SSSR count). The maximum atomic E-state index is 11.0. The summed E-state index contributed by atoms with van der Waals surface area (Å²) in [6.07, 6.45) is 0. The van der Waals surface area contributed by atoms with E-state index in [9.17, 15) is 9.59 Å². The van der Waals surface area contributed by atoms with Gasteiger partial charge in [-0.1, -0.05) is 0 Å². The number of hydrogen-bond donors (Lipinski definition) is 0. The van der Waals surface area contributed by atoms with E-state index in [0.29, 0.717) is 0 Å². The minimum absolute atomic E-state index is 0.199. The Morgan fingerprint density at radius 3 is 1.92 bits per heavy atom. The molecule has 5 nitrogen and oxygen atoms in total. The van der Waals surface area contributed by atoms with Crippen molar-refractivity contribution in [2.24, 2.45) is 0 Å². The standard InChI is InChI=1S/C6H10AsNO4/c1-7(2)8(3-5(9)11-7)4-6(10)12-7/h3-4H2,1-2H3. The summed E-state index contributed by atoms with van der Waals surface area (Å²) in [4.78, 5) is 21.9. The second kappa shape index (κ2) is 1.86. The molecule has 0 aliphatic carbocycles. The van der Waals surface area contributed by atoms with Crippen LogP contribution in [0.3, 0.4) is 0 Å². The van der Waals surface area contributed by atoms with Gasteiger partial charge in [-0.05, 0) is 0 Å². The molecule has 0 bridgehead atoms. The molecule has 0 spiro atoms. The molecule has 0 saturated carbocycles. The van der Waals surface area contributed by atoms with Crippen molar-refractivity contribution >= 4 is 25.3 Å². The molecular weight excluding hydrogens is 225 g/mol. The molecule has 2 aliphatic rings. The van der Waals surface area contributed by atoms with E-state index in [1.165, 1.54) is 0 Å². The van der Waals surface area contributed by atoms with E-state index in [-0.39, 0.29) is 25.0 Å². The van der Waals surface area contributed by atoms with Crippen LogP contribution in [0.25, 0.3) is 0 Å². The first-order valence-electron chi connectivity index (χ1n) is 3.62. The Morgan fingerprint density at radius 1 is 1.17 bits per heavy atom. The van der Waals surface area contributed by atoms with Crippen LogP contribution in [-0.2, 0) is 17.0 Å². The number of hydrogen-bond acceptors (Lipinski definition) is 5. The van der Waals surface area contributed by atoms with E-state index < -0.39 is 13.4 Å². The van der Waals surface area contributed by atoms with Gasteiger partial charge in [-0.3, -0.25) is 0 Å². The summed E-state index contributed by atoms with van der Waals surface area (Å²) in [7, 11) is 0. The summed E-state index contributed by atoms with van der Waals surface area (Å²) < 4.78 is 12.1. The van der Waals surface area contributed by atoms with E-state index in [1.54, 1.807) is 15.2 Å². The van der Waals surface area contributed by atoms with Gasteiger partial charge in [0.25, 0.3) is 0 Å². The van der Waals surface area contributed by atoms with Crippen molar-refractivity contribution in [1.29, 1.82) is 0 Å². The first kappa shape index (κ1) is 8.07. The van der Waals surface area contributed by atoms with Crippen molar-refractivity contribution in [3.63, 3.8) is 0 Å². The summed E-state index contributed by atoms with van der Waals surface area (Å²) in [5.74, 6) is -0.558. The summed E-state index contributed by atoms with van der Waals surface area (Å²) in [5, 5.41) is 0. The van der Waals surface area contributed by atoms with Gasteiger partial charge in [-0.2, -0.15) is 0 Å². The third kappa shape index (κ3) is 0.898. The minimum atomic E-state index is -3.56. The molecule has 0 atom stereocenters. The van der Waals surface area contributed by atoms with Crippen LogP contribution in [0.5, 0.6) is 0 Å². The van der Waals surface area contributed by atoms with Crippen LogP contribution in [0.15, 0.2) is 0 Å². The Hall–Kier alpha value is -0.542. The number of carbonyl (C=O) groups excluding carboxylic acids is 2. The Kier molecular flexibility index (Phi) is 1.25. The Balaban J connectivity index is 2.40. The molecule has 0 aromatic carbocycles. The van der Waals surface area contributed by atoms with Crippen LogP contribution in [-0.4, -0.2) is 42.2 Å². The molecule has 0 aromatic rings. The van der Waals surface area contributed by atoms with Gasteiger partial charge >= 0.3 is 70.7 Å². The van der Waals surface area contributed by atoms with Crippen LogP contribution in [0.1, 0.15) is 0 Å². The van der Waals surface area contributed by atoms with Crippen LogP contribution in [0, 0.1) is 0 Å². The fourth-order valence-corrected chi connectivity index (χ4v) is 6.93. The molecule has 2 saturated heterocycles. The number of fused-ring (bicyclic) bond motifs is 1. The molecule has 2 fully saturated rings. The molecule has 12 heavy (non-hydrogen) atoms. The molecule has 0 N–H and O–H groups in total. The molecule has 2 heterocycles. The van der Waals surface area contributed by atoms with Crippen molar-refractivity contribution in [3.05, 3.63) is 0 Å². The van der Waals surface area contributed by atoms with E-state index >= 15 is 0 Å². The van der Waals surface area contributed by atoms with Crippen molar-refractivity contribution in [2.75, 3.05) is 13.1 Å². The first-order chi connectivity index (χ1) is 5.39. The molecule has 0 aromatic heterocycles. The fraction of sp³-hybridized carbons (Fsp3) is 0.667. The van der Waals surface area contributed by atoms with Crippen molar-refractivity contribution < 1.29 is 17.0 Å². The average Bonchev–Trinajstić information content (AvgIpc) is 2.11. The summed E-state index contributed by atoms with van der Waals surface area (Å²) in [5.41, 5.74) is 3.52. The third-order valence-electron chi connectivity index (χ3n) is 2.14. The van der Waals surface area contributed by atoms with Gasteiger partial charge in [-0.25, -0.2) is 0 Å². The number of nitrogens with zero attached hydrogens (tertiary/aromatic N) is 1. The van der Waals surface area contributed by atoms with Gasteiger partial charge in [0.2, 0.25) is 0 Å². The van der Waals surface area contributed by atoms with Gasteiger partial charge in [0.05, 0.1) is 0 Å². The number of carbonyl (C=O) groups is 2. The van der Waals surface area contributed by atoms with E-state index in [1.807, 2.05) is 0 Å². The zero-order chi connectivity index (χ0) is 9.01. The predicted molar refractivity (Wildman–Crippen MR) is 41.2 cm³/mol. The van der Waals surface area contributed by atoms with Crippen molar-refractivity contribution in [2.45, 2.75) is 11.4 Å². The molecule has 0 radical (unpaired) electrons. The van der Waals surface area contributed by atoms with Crippen molar-refractivity contribution in [1.82, 2.24) is 3.82 Å². The fourth-order valence-electron chi connectivity index (χ4n) is 1.53. The Bertz CT molecular complexity index is 263. The maximum absolute atomic E-state index is 11.0. The first-order valence-corrected chi connectivity index (χ1v) is 9.74. The summed E-state index contributed by atoms with van der Waals surface area (Å²) in [6.45, 7) is 0.397. The van der Waals surface area contributed by atoms with Gasteiger partial charge in [0.15, 0.2) is 0 Å². The molecule has 68 valence electrons. The van der Waals surface area contributed by atoms with Gasteiger partial charge in [0, 0.05) is 0 Å². The van der Waals surface area contributed by atoms with Crippen LogP contribution in [0.2, 0.25) is 11.4 Å². The molecule has 6 heteroatoms. The van der Waals surface area contributed by atoms with Crippen molar-refractivity contribution in [3.8, 4) is 0 Å². The molecule has 0 unspecified atom stereocenters.